The molecule has 1 unspecified atom stereocenters. The van der Waals surface area contributed by atoms with Crippen LogP contribution in [0.2, 0.25) is 0 Å². The average Bonchev–Trinajstić information content (AvgIpc) is 2.80. The van der Waals surface area contributed by atoms with Crippen LogP contribution in [0.15, 0.2) is 45.3 Å². The lowest BCUT2D eigenvalue weighted by Gasteiger charge is -2.11. The molecule has 21 heavy (non-hydrogen) atoms. The molecule has 1 heterocycles. The van der Waals surface area contributed by atoms with Gasteiger partial charge in [-0.05, 0) is 59.3 Å². The average molecular weight is 433 g/mol. The first-order chi connectivity index (χ1) is 9.97. The van der Waals surface area contributed by atoms with E-state index in [2.05, 4.69) is 36.8 Å². The highest BCUT2D eigenvalue weighted by molar-refractivity contribution is 9.10. The number of hydrogen-bond acceptors (Lipinski definition) is 1. The van der Waals surface area contributed by atoms with Gasteiger partial charge in [0.15, 0.2) is 0 Å². The minimum atomic E-state index is -0.320. The minimum absolute atomic E-state index is 0.289. The quantitative estimate of drug-likeness (QED) is 0.455. The molecule has 1 atom stereocenters. The molecule has 0 saturated heterocycles. The van der Waals surface area contributed by atoms with Crippen LogP contribution in [0.3, 0.4) is 0 Å². The predicted octanol–water partition coefficient (Wildman–Crippen LogP) is 5.99. The summed E-state index contributed by atoms with van der Waals surface area (Å²) in [4.78, 5) is 4.57. The molecule has 0 amide bonds. The first-order valence-electron chi connectivity index (χ1n) is 6.25. The Morgan fingerprint density at radius 1 is 1.19 bits per heavy atom. The fourth-order valence-electron chi connectivity index (χ4n) is 2.23. The summed E-state index contributed by atoms with van der Waals surface area (Å²) < 4.78 is 17.1. The summed E-state index contributed by atoms with van der Waals surface area (Å²) in [6.07, 6.45) is 0. The summed E-state index contributed by atoms with van der Waals surface area (Å²) in [6.45, 7) is 1.85. The van der Waals surface area contributed by atoms with E-state index in [-0.39, 0.29) is 11.2 Å². The molecule has 6 heteroatoms. The molecule has 0 radical (unpaired) electrons. The summed E-state index contributed by atoms with van der Waals surface area (Å²) in [5.41, 5.74) is 2.40. The molecule has 0 aliphatic carbocycles. The van der Waals surface area contributed by atoms with Crippen molar-refractivity contribution >= 4 is 54.5 Å². The summed E-state index contributed by atoms with van der Waals surface area (Å²) in [5.74, 6) is 0.367. The molecule has 0 aliphatic rings. The van der Waals surface area contributed by atoms with E-state index in [1.165, 1.54) is 6.07 Å². The topological polar surface area (TPSA) is 17.8 Å². The SMILES string of the molecule is CC(Cl)c1nc2cc(Br)ccc2n1-c1ccc(Br)c(F)c1. The second-order valence-corrected chi connectivity index (χ2v) is 7.08. The number of aromatic nitrogens is 2. The van der Waals surface area contributed by atoms with Gasteiger partial charge in [-0.3, -0.25) is 4.57 Å². The molecular weight excluding hydrogens is 422 g/mol. The smallest absolute Gasteiger partial charge is 0.139 e. The maximum atomic E-state index is 13.8. The molecule has 2 aromatic carbocycles. The molecule has 0 N–H and O–H groups in total. The molecular formula is C15H10Br2ClFN2. The van der Waals surface area contributed by atoms with Crippen molar-refractivity contribution in [3.05, 3.63) is 57.0 Å². The Morgan fingerprint density at radius 3 is 2.62 bits per heavy atom. The molecule has 0 saturated carbocycles. The van der Waals surface area contributed by atoms with Crippen LogP contribution in [-0.4, -0.2) is 9.55 Å². The van der Waals surface area contributed by atoms with E-state index in [0.29, 0.717) is 16.0 Å². The van der Waals surface area contributed by atoms with Gasteiger partial charge in [0.2, 0.25) is 0 Å². The van der Waals surface area contributed by atoms with Crippen LogP contribution >= 0.6 is 43.5 Å². The number of hydrogen-bond donors (Lipinski definition) is 0. The number of rotatable bonds is 2. The van der Waals surface area contributed by atoms with Crippen molar-refractivity contribution in [2.75, 3.05) is 0 Å². The molecule has 2 nitrogen and oxygen atoms in total. The number of halogens is 4. The second kappa shape index (κ2) is 5.71. The summed E-state index contributed by atoms with van der Waals surface area (Å²) in [7, 11) is 0. The van der Waals surface area contributed by atoms with E-state index in [1.807, 2.05) is 35.8 Å². The monoisotopic (exact) mass is 430 g/mol. The van der Waals surface area contributed by atoms with Crippen LogP contribution in [-0.2, 0) is 0 Å². The van der Waals surface area contributed by atoms with Gasteiger partial charge in [0, 0.05) is 4.47 Å². The zero-order valence-electron chi connectivity index (χ0n) is 10.9. The molecule has 3 aromatic rings. The number of alkyl halides is 1. The van der Waals surface area contributed by atoms with Gasteiger partial charge in [0.05, 0.1) is 26.6 Å². The van der Waals surface area contributed by atoms with E-state index in [1.54, 1.807) is 6.07 Å². The first-order valence-corrected chi connectivity index (χ1v) is 8.27. The lowest BCUT2D eigenvalue weighted by Crippen LogP contribution is -2.02. The number of benzene rings is 2. The zero-order chi connectivity index (χ0) is 15.1. The number of nitrogens with zero attached hydrogens (tertiary/aromatic N) is 2. The van der Waals surface area contributed by atoms with Crippen LogP contribution in [0.5, 0.6) is 0 Å². The van der Waals surface area contributed by atoms with Crippen LogP contribution in [0.1, 0.15) is 18.1 Å². The fourth-order valence-corrected chi connectivity index (χ4v) is 2.98. The normalized spacial score (nSPS) is 12.8. The van der Waals surface area contributed by atoms with Crippen LogP contribution in [0.4, 0.5) is 4.39 Å². The lowest BCUT2D eigenvalue weighted by molar-refractivity contribution is 0.619. The largest absolute Gasteiger partial charge is 0.295 e. The Kier molecular flexibility index (Phi) is 4.08. The van der Waals surface area contributed by atoms with Crippen molar-refractivity contribution in [1.29, 1.82) is 0 Å². The van der Waals surface area contributed by atoms with E-state index in [4.69, 9.17) is 11.6 Å². The summed E-state index contributed by atoms with van der Waals surface area (Å²) in [5, 5.41) is -0.289. The summed E-state index contributed by atoms with van der Waals surface area (Å²) in [6, 6.07) is 10.8. The first kappa shape index (κ1) is 15.0. The van der Waals surface area contributed by atoms with Gasteiger partial charge < -0.3 is 0 Å². The second-order valence-electron chi connectivity index (χ2n) is 4.65. The van der Waals surface area contributed by atoms with Gasteiger partial charge in [0.25, 0.3) is 0 Å². The molecule has 0 bridgehead atoms. The highest BCUT2D eigenvalue weighted by Gasteiger charge is 2.17. The van der Waals surface area contributed by atoms with Crippen LogP contribution in [0.25, 0.3) is 16.7 Å². The van der Waals surface area contributed by atoms with Crippen molar-refractivity contribution in [3.63, 3.8) is 0 Å². The Hall–Kier alpha value is -0.910. The highest BCUT2D eigenvalue weighted by atomic mass is 79.9. The standard InChI is InChI=1S/C15H10Br2ClFN2/c1-8(18)15-20-13-6-9(16)2-5-14(13)21(15)10-3-4-11(17)12(19)7-10/h2-8H,1H3. The van der Waals surface area contributed by atoms with Crippen molar-refractivity contribution in [1.82, 2.24) is 9.55 Å². The van der Waals surface area contributed by atoms with E-state index >= 15 is 0 Å². The van der Waals surface area contributed by atoms with Gasteiger partial charge >= 0.3 is 0 Å². The molecule has 0 aliphatic heterocycles. The van der Waals surface area contributed by atoms with Gasteiger partial charge in [-0.2, -0.15) is 0 Å². The summed E-state index contributed by atoms with van der Waals surface area (Å²) >= 11 is 12.8. The van der Waals surface area contributed by atoms with E-state index in [0.717, 1.165) is 15.5 Å². The minimum Gasteiger partial charge on any atom is -0.295 e. The third kappa shape index (κ3) is 2.74. The van der Waals surface area contributed by atoms with Crippen molar-refractivity contribution in [2.45, 2.75) is 12.3 Å². The van der Waals surface area contributed by atoms with Crippen molar-refractivity contribution < 1.29 is 4.39 Å². The molecule has 0 fully saturated rings. The number of fused-ring (bicyclic) bond motifs is 1. The maximum absolute atomic E-state index is 13.8. The van der Waals surface area contributed by atoms with E-state index < -0.39 is 0 Å². The Labute approximate surface area is 143 Å². The van der Waals surface area contributed by atoms with Gasteiger partial charge in [-0.15, -0.1) is 11.6 Å². The fraction of sp³-hybridized carbons (Fsp3) is 0.133. The lowest BCUT2D eigenvalue weighted by atomic mass is 10.2. The Bertz CT molecular complexity index is 830. The molecule has 3 rings (SSSR count). The zero-order valence-corrected chi connectivity index (χ0v) is 14.9. The number of imidazole rings is 1. The third-order valence-corrected chi connectivity index (χ3v) is 4.49. The van der Waals surface area contributed by atoms with Gasteiger partial charge in [0.1, 0.15) is 11.6 Å². The highest BCUT2D eigenvalue weighted by Crippen LogP contribution is 2.30. The van der Waals surface area contributed by atoms with Crippen LogP contribution in [0, 0.1) is 5.82 Å². The van der Waals surface area contributed by atoms with Crippen molar-refractivity contribution in [3.8, 4) is 5.69 Å². The van der Waals surface area contributed by atoms with Crippen LogP contribution < -0.4 is 0 Å². The third-order valence-electron chi connectivity index (χ3n) is 3.16. The predicted molar refractivity (Wildman–Crippen MR) is 90.7 cm³/mol. The van der Waals surface area contributed by atoms with Crippen molar-refractivity contribution in [2.24, 2.45) is 0 Å². The Morgan fingerprint density at radius 2 is 1.95 bits per heavy atom. The molecule has 0 spiro atoms. The van der Waals surface area contributed by atoms with Gasteiger partial charge in [-0.1, -0.05) is 15.9 Å². The van der Waals surface area contributed by atoms with E-state index in [9.17, 15) is 4.39 Å². The van der Waals surface area contributed by atoms with Gasteiger partial charge in [-0.25, -0.2) is 9.37 Å². The molecule has 108 valence electrons. The maximum Gasteiger partial charge on any atom is 0.139 e. The Balaban J connectivity index is 2.33. The molecule has 1 aromatic heterocycles.